The highest BCUT2D eigenvalue weighted by atomic mass is 28.4. The fraction of sp³-hybridized carbons (Fsp3) is 1.00. The molecule has 0 aromatic carbocycles. The van der Waals surface area contributed by atoms with E-state index in [-0.39, 0.29) is 5.60 Å². The molecule has 0 bridgehead atoms. The van der Waals surface area contributed by atoms with Crippen molar-refractivity contribution in [2.75, 3.05) is 13.2 Å². The smallest absolute Gasteiger partial charge is 0.374 e. The molecule has 0 saturated heterocycles. The van der Waals surface area contributed by atoms with Gasteiger partial charge in [0.1, 0.15) is 0 Å². The molecule has 0 heterocycles. The molecule has 26 heavy (non-hydrogen) atoms. The van der Waals surface area contributed by atoms with Crippen molar-refractivity contribution in [1.82, 2.24) is 0 Å². The molecule has 0 atom stereocenters. The predicted molar refractivity (Wildman–Crippen MR) is 116 cm³/mol. The van der Waals surface area contributed by atoms with Crippen molar-refractivity contribution in [3.63, 3.8) is 0 Å². The van der Waals surface area contributed by atoms with Crippen LogP contribution in [0.3, 0.4) is 0 Å². The van der Waals surface area contributed by atoms with Crippen molar-refractivity contribution in [3.8, 4) is 0 Å². The first kappa shape index (κ1) is 26.1. The van der Waals surface area contributed by atoms with Crippen LogP contribution in [0.5, 0.6) is 0 Å². The summed E-state index contributed by atoms with van der Waals surface area (Å²) in [5, 5.41) is 0. The molecule has 0 radical (unpaired) electrons. The normalized spacial score (nSPS) is 12.7. The summed E-state index contributed by atoms with van der Waals surface area (Å²) < 4.78 is 19.3. The second-order valence-electron chi connectivity index (χ2n) is 7.52. The Morgan fingerprint density at radius 3 is 1.54 bits per heavy atom. The molecule has 0 fully saturated rings. The largest absolute Gasteiger partial charge is 0.501 e. The van der Waals surface area contributed by atoms with Crippen LogP contribution in [0.1, 0.15) is 119 Å². The van der Waals surface area contributed by atoms with Crippen LogP contribution < -0.4 is 0 Å². The molecule has 0 amide bonds. The molecule has 0 spiro atoms. The van der Waals surface area contributed by atoms with E-state index in [0.29, 0.717) is 13.2 Å². The summed E-state index contributed by atoms with van der Waals surface area (Å²) in [6.07, 6.45) is 14.9. The van der Waals surface area contributed by atoms with Gasteiger partial charge in [0.25, 0.3) is 0 Å². The van der Waals surface area contributed by atoms with Crippen LogP contribution in [0.15, 0.2) is 0 Å². The monoisotopic (exact) mass is 388 g/mol. The molecule has 0 aliphatic carbocycles. The van der Waals surface area contributed by atoms with Gasteiger partial charge >= 0.3 is 8.80 Å². The van der Waals surface area contributed by atoms with Gasteiger partial charge in [0.2, 0.25) is 0 Å². The van der Waals surface area contributed by atoms with E-state index in [4.69, 9.17) is 13.3 Å². The average molecular weight is 389 g/mol. The van der Waals surface area contributed by atoms with Crippen LogP contribution >= 0.6 is 0 Å². The Morgan fingerprint density at radius 2 is 1.12 bits per heavy atom. The summed E-state index contributed by atoms with van der Waals surface area (Å²) in [7, 11) is -2.59. The lowest BCUT2D eigenvalue weighted by atomic mass is 9.92. The van der Waals surface area contributed by atoms with Gasteiger partial charge in [0.05, 0.1) is 5.60 Å². The van der Waals surface area contributed by atoms with E-state index in [0.717, 1.165) is 38.1 Å². The van der Waals surface area contributed by atoms with Crippen LogP contribution in [0.4, 0.5) is 0 Å². The van der Waals surface area contributed by atoms with Crippen molar-refractivity contribution >= 4 is 8.80 Å². The van der Waals surface area contributed by atoms with E-state index in [1.54, 1.807) is 0 Å². The molecular weight excluding hydrogens is 340 g/mol. The molecule has 4 heteroatoms. The van der Waals surface area contributed by atoms with Crippen LogP contribution in [0.2, 0.25) is 6.04 Å². The molecule has 0 saturated carbocycles. The van der Waals surface area contributed by atoms with Crippen LogP contribution in [0.25, 0.3) is 0 Å². The summed E-state index contributed by atoms with van der Waals surface area (Å²) in [4.78, 5) is 0. The van der Waals surface area contributed by atoms with E-state index in [1.807, 2.05) is 0 Å². The van der Waals surface area contributed by atoms with Crippen molar-refractivity contribution in [3.05, 3.63) is 0 Å². The fourth-order valence-electron chi connectivity index (χ4n) is 3.80. The van der Waals surface area contributed by atoms with Gasteiger partial charge in [0, 0.05) is 19.3 Å². The van der Waals surface area contributed by atoms with Gasteiger partial charge in [-0.3, -0.25) is 0 Å². The summed E-state index contributed by atoms with van der Waals surface area (Å²) >= 11 is 0. The van der Waals surface area contributed by atoms with Gasteiger partial charge in [-0.15, -0.1) is 0 Å². The van der Waals surface area contributed by atoms with Crippen molar-refractivity contribution in [2.24, 2.45) is 0 Å². The van der Waals surface area contributed by atoms with Gasteiger partial charge in [-0.05, 0) is 39.5 Å². The Labute approximate surface area is 165 Å². The maximum absolute atomic E-state index is 6.80. The fourth-order valence-corrected chi connectivity index (χ4v) is 7.00. The second kappa shape index (κ2) is 16.1. The minimum atomic E-state index is -2.59. The van der Waals surface area contributed by atoms with E-state index in [2.05, 4.69) is 41.5 Å². The Kier molecular flexibility index (Phi) is 16.1. The second-order valence-corrected chi connectivity index (χ2v) is 10.2. The number of unbranched alkanes of at least 4 members (excludes halogenated alkanes) is 7. The maximum atomic E-state index is 6.80. The highest BCUT2D eigenvalue weighted by Crippen LogP contribution is 2.33. The van der Waals surface area contributed by atoms with Crippen LogP contribution in [0, 0.1) is 0 Å². The van der Waals surface area contributed by atoms with Crippen molar-refractivity contribution in [2.45, 2.75) is 130 Å². The molecule has 0 aliphatic heterocycles. The Morgan fingerprint density at radius 1 is 0.615 bits per heavy atom. The Hall–Kier alpha value is 0.0969. The van der Waals surface area contributed by atoms with Crippen LogP contribution in [-0.2, 0) is 13.3 Å². The topological polar surface area (TPSA) is 27.7 Å². The molecule has 0 aromatic heterocycles. The standard InChI is InChI=1S/C22H48O3Si/c1-7-13-14-15-16-17-18-19-21-26(23-11-5,24-12-6)25-22(9-3,10-4)20-8-2/h7-21H2,1-6H3. The predicted octanol–water partition coefficient (Wildman–Crippen LogP) is 7.51. The molecule has 3 nitrogen and oxygen atoms in total. The van der Waals surface area contributed by atoms with E-state index in [9.17, 15) is 0 Å². The average Bonchev–Trinajstić information content (AvgIpc) is 2.64. The summed E-state index contributed by atoms with van der Waals surface area (Å²) in [6.45, 7) is 14.5. The maximum Gasteiger partial charge on any atom is 0.501 e. The van der Waals surface area contributed by atoms with Gasteiger partial charge in [-0.1, -0.05) is 79.1 Å². The number of hydrogen-bond donors (Lipinski definition) is 0. The third-order valence-electron chi connectivity index (χ3n) is 5.43. The number of rotatable bonds is 19. The van der Waals surface area contributed by atoms with Crippen molar-refractivity contribution < 1.29 is 13.3 Å². The molecule has 0 rings (SSSR count). The molecule has 0 aliphatic rings. The van der Waals surface area contributed by atoms with E-state index < -0.39 is 8.80 Å². The summed E-state index contributed by atoms with van der Waals surface area (Å²) in [5.74, 6) is 0. The third-order valence-corrected chi connectivity index (χ3v) is 8.60. The summed E-state index contributed by atoms with van der Waals surface area (Å²) in [5.41, 5.74) is -0.0779. The molecule has 0 N–H and O–H groups in total. The first-order valence-electron chi connectivity index (χ1n) is 11.6. The zero-order valence-electron chi connectivity index (χ0n) is 18.8. The third kappa shape index (κ3) is 10.4. The highest BCUT2D eigenvalue weighted by molar-refractivity contribution is 6.60. The minimum Gasteiger partial charge on any atom is -0.374 e. The van der Waals surface area contributed by atoms with Crippen molar-refractivity contribution in [1.29, 1.82) is 0 Å². The molecule has 0 aromatic rings. The lowest BCUT2D eigenvalue weighted by Crippen LogP contribution is -2.53. The lowest BCUT2D eigenvalue weighted by molar-refractivity contribution is -0.0405. The van der Waals surface area contributed by atoms with E-state index >= 15 is 0 Å². The van der Waals surface area contributed by atoms with Gasteiger partial charge in [-0.25, -0.2) is 0 Å². The lowest BCUT2D eigenvalue weighted by Gasteiger charge is -2.40. The minimum absolute atomic E-state index is 0.0779. The van der Waals surface area contributed by atoms with E-state index in [1.165, 1.54) is 44.9 Å². The Balaban J connectivity index is 4.70. The van der Waals surface area contributed by atoms with Crippen LogP contribution in [-0.4, -0.2) is 27.6 Å². The SMILES string of the molecule is CCCCCCCCCC[Si](OCC)(OCC)OC(CC)(CC)CCC. The molecule has 158 valence electrons. The summed E-state index contributed by atoms with van der Waals surface area (Å²) in [6, 6.07) is 0.967. The van der Waals surface area contributed by atoms with Gasteiger partial charge in [-0.2, -0.15) is 0 Å². The highest BCUT2D eigenvalue weighted by Gasteiger charge is 2.46. The number of hydrogen-bond acceptors (Lipinski definition) is 3. The zero-order valence-corrected chi connectivity index (χ0v) is 19.8. The Bertz CT molecular complexity index is 300. The van der Waals surface area contributed by atoms with Gasteiger partial charge < -0.3 is 13.3 Å². The quantitative estimate of drug-likeness (QED) is 0.169. The first-order valence-corrected chi connectivity index (χ1v) is 13.5. The van der Waals surface area contributed by atoms with Gasteiger partial charge in [0.15, 0.2) is 0 Å². The molecule has 0 unspecified atom stereocenters. The zero-order chi connectivity index (χ0) is 19.7. The first-order chi connectivity index (χ1) is 12.6. The molecular formula is C22H48O3Si.